The lowest BCUT2D eigenvalue weighted by atomic mass is 9.93. The molecule has 1 aromatic heterocycles. The molecule has 2 aromatic rings. The van der Waals surface area contributed by atoms with Gasteiger partial charge >= 0.3 is 0 Å². The van der Waals surface area contributed by atoms with Crippen molar-refractivity contribution in [3.8, 4) is 0 Å². The standard InChI is InChI=1S/C23H29ClN2O2S/c1-3-5-13-25(21(27)6-4-2)16-22(28)26-14-11-20-19(12-15-29-20)23(26)17-7-9-18(24)10-8-17/h7-10,12,15,23H,3-6,11,13-14,16H2,1-2H3. The molecule has 1 unspecified atom stereocenters. The Morgan fingerprint density at radius 3 is 2.62 bits per heavy atom. The number of rotatable bonds is 8. The lowest BCUT2D eigenvalue weighted by Gasteiger charge is -2.37. The first-order valence-corrected chi connectivity index (χ1v) is 11.7. The number of nitrogens with zero attached hydrogens (tertiary/aromatic N) is 2. The van der Waals surface area contributed by atoms with Crippen LogP contribution in [0.2, 0.25) is 5.02 Å². The van der Waals surface area contributed by atoms with E-state index in [9.17, 15) is 9.59 Å². The third-order valence-corrected chi connectivity index (χ3v) is 6.64. The summed E-state index contributed by atoms with van der Waals surface area (Å²) in [6, 6.07) is 9.74. The summed E-state index contributed by atoms with van der Waals surface area (Å²) in [5.41, 5.74) is 2.25. The van der Waals surface area contributed by atoms with E-state index in [4.69, 9.17) is 11.6 Å². The van der Waals surface area contributed by atoms with Gasteiger partial charge in [-0.25, -0.2) is 0 Å². The van der Waals surface area contributed by atoms with Gasteiger partial charge < -0.3 is 9.80 Å². The van der Waals surface area contributed by atoms with E-state index in [1.165, 1.54) is 10.4 Å². The van der Waals surface area contributed by atoms with Crippen LogP contribution in [0, 0.1) is 0 Å². The monoisotopic (exact) mass is 432 g/mol. The second-order valence-corrected chi connectivity index (χ2v) is 8.95. The molecule has 1 aliphatic rings. The van der Waals surface area contributed by atoms with Crippen molar-refractivity contribution < 1.29 is 9.59 Å². The maximum atomic E-state index is 13.4. The Morgan fingerprint density at radius 1 is 1.17 bits per heavy atom. The predicted octanol–water partition coefficient (Wildman–Crippen LogP) is 5.30. The Labute approximate surface area is 182 Å². The van der Waals surface area contributed by atoms with Crippen molar-refractivity contribution in [1.82, 2.24) is 9.80 Å². The van der Waals surface area contributed by atoms with Gasteiger partial charge in [0.15, 0.2) is 0 Å². The molecule has 29 heavy (non-hydrogen) atoms. The average Bonchev–Trinajstić information content (AvgIpc) is 3.20. The summed E-state index contributed by atoms with van der Waals surface area (Å²) in [5, 5.41) is 2.78. The molecule has 1 aliphatic heterocycles. The fourth-order valence-corrected chi connectivity index (χ4v) is 4.89. The van der Waals surface area contributed by atoms with Gasteiger partial charge in [-0.3, -0.25) is 9.59 Å². The Bertz CT molecular complexity index is 834. The molecule has 0 spiro atoms. The van der Waals surface area contributed by atoms with Crippen molar-refractivity contribution in [3.05, 3.63) is 56.7 Å². The number of halogens is 1. The molecule has 2 heterocycles. The fourth-order valence-electron chi connectivity index (χ4n) is 3.86. The zero-order chi connectivity index (χ0) is 20.8. The van der Waals surface area contributed by atoms with E-state index in [0.717, 1.165) is 31.2 Å². The van der Waals surface area contributed by atoms with E-state index in [2.05, 4.69) is 18.4 Å². The highest BCUT2D eigenvalue weighted by atomic mass is 35.5. The average molecular weight is 433 g/mol. The molecule has 0 bridgehead atoms. The minimum Gasteiger partial charge on any atom is -0.333 e. The summed E-state index contributed by atoms with van der Waals surface area (Å²) in [4.78, 5) is 30.9. The number of unbranched alkanes of at least 4 members (excludes halogenated alkanes) is 1. The van der Waals surface area contributed by atoms with Crippen LogP contribution in [0.1, 0.15) is 61.6 Å². The van der Waals surface area contributed by atoms with Gasteiger partial charge in [0.05, 0.1) is 12.6 Å². The molecule has 0 fully saturated rings. The summed E-state index contributed by atoms with van der Waals surface area (Å²) in [6.07, 6.45) is 4.06. The van der Waals surface area contributed by atoms with Crippen LogP contribution < -0.4 is 0 Å². The minimum atomic E-state index is -0.121. The number of hydrogen-bond donors (Lipinski definition) is 0. The highest BCUT2D eigenvalue weighted by Crippen LogP contribution is 2.38. The molecular formula is C23H29ClN2O2S. The Morgan fingerprint density at radius 2 is 1.93 bits per heavy atom. The lowest BCUT2D eigenvalue weighted by Crippen LogP contribution is -2.47. The topological polar surface area (TPSA) is 40.6 Å². The van der Waals surface area contributed by atoms with Gasteiger partial charge in [0.2, 0.25) is 11.8 Å². The van der Waals surface area contributed by atoms with Crippen molar-refractivity contribution in [1.29, 1.82) is 0 Å². The van der Waals surface area contributed by atoms with E-state index in [0.29, 0.717) is 24.5 Å². The molecule has 3 rings (SSSR count). The van der Waals surface area contributed by atoms with Gasteiger partial charge in [-0.2, -0.15) is 0 Å². The lowest BCUT2D eigenvalue weighted by molar-refractivity contribution is -0.141. The van der Waals surface area contributed by atoms with Gasteiger partial charge in [-0.15, -0.1) is 11.3 Å². The van der Waals surface area contributed by atoms with Crippen LogP contribution in [0.3, 0.4) is 0 Å². The fraction of sp³-hybridized carbons (Fsp3) is 0.478. The van der Waals surface area contributed by atoms with Crippen molar-refractivity contribution >= 4 is 34.8 Å². The molecule has 0 radical (unpaired) electrons. The zero-order valence-corrected chi connectivity index (χ0v) is 18.8. The first-order chi connectivity index (χ1) is 14.0. The van der Waals surface area contributed by atoms with Gasteiger partial charge in [0.25, 0.3) is 0 Å². The van der Waals surface area contributed by atoms with Crippen LogP contribution >= 0.6 is 22.9 Å². The maximum Gasteiger partial charge on any atom is 0.242 e. The van der Waals surface area contributed by atoms with Gasteiger partial charge in [0, 0.05) is 29.4 Å². The van der Waals surface area contributed by atoms with E-state index >= 15 is 0 Å². The minimum absolute atomic E-state index is 0.0161. The summed E-state index contributed by atoms with van der Waals surface area (Å²) in [6.45, 7) is 5.57. The normalized spacial score (nSPS) is 15.8. The highest BCUT2D eigenvalue weighted by molar-refractivity contribution is 7.10. The van der Waals surface area contributed by atoms with Crippen LogP contribution in [-0.2, 0) is 16.0 Å². The van der Waals surface area contributed by atoms with Crippen LogP contribution in [0.5, 0.6) is 0 Å². The Hall–Kier alpha value is -1.85. The molecular weight excluding hydrogens is 404 g/mol. The van der Waals surface area contributed by atoms with Crippen LogP contribution in [0.15, 0.2) is 35.7 Å². The number of carbonyl (C=O) groups excluding carboxylic acids is 2. The summed E-state index contributed by atoms with van der Waals surface area (Å²) >= 11 is 7.84. The molecule has 0 saturated heterocycles. The molecule has 156 valence electrons. The number of benzene rings is 1. The molecule has 1 atom stereocenters. The van der Waals surface area contributed by atoms with Crippen molar-refractivity contribution in [3.63, 3.8) is 0 Å². The second-order valence-electron chi connectivity index (χ2n) is 7.51. The van der Waals surface area contributed by atoms with Crippen molar-refractivity contribution in [2.45, 2.75) is 52.0 Å². The predicted molar refractivity (Wildman–Crippen MR) is 119 cm³/mol. The molecule has 0 N–H and O–H groups in total. The van der Waals surface area contributed by atoms with E-state index in [1.54, 1.807) is 16.2 Å². The number of hydrogen-bond acceptors (Lipinski definition) is 3. The number of fused-ring (bicyclic) bond motifs is 1. The van der Waals surface area contributed by atoms with Crippen LogP contribution in [-0.4, -0.2) is 41.2 Å². The van der Waals surface area contributed by atoms with Crippen LogP contribution in [0.4, 0.5) is 0 Å². The first kappa shape index (κ1) is 21.8. The van der Waals surface area contributed by atoms with E-state index in [-0.39, 0.29) is 24.4 Å². The number of carbonyl (C=O) groups is 2. The molecule has 6 heteroatoms. The summed E-state index contributed by atoms with van der Waals surface area (Å²) in [7, 11) is 0. The van der Waals surface area contributed by atoms with Crippen molar-refractivity contribution in [2.75, 3.05) is 19.6 Å². The molecule has 1 aromatic carbocycles. The Kier molecular flexibility index (Phi) is 7.73. The largest absolute Gasteiger partial charge is 0.333 e. The molecule has 0 aliphatic carbocycles. The van der Waals surface area contributed by atoms with Crippen LogP contribution in [0.25, 0.3) is 0 Å². The van der Waals surface area contributed by atoms with Gasteiger partial charge in [-0.1, -0.05) is 44.0 Å². The van der Waals surface area contributed by atoms with E-state index in [1.807, 2.05) is 36.1 Å². The second kappa shape index (κ2) is 10.3. The molecule has 4 nitrogen and oxygen atoms in total. The van der Waals surface area contributed by atoms with Gasteiger partial charge in [0.1, 0.15) is 0 Å². The summed E-state index contributed by atoms with van der Waals surface area (Å²) in [5.74, 6) is 0.0907. The molecule has 2 amide bonds. The number of amides is 2. The van der Waals surface area contributed by atoms with Crippen molar-refractivity contribution in [2.24, 2.45) is 0 Å². The zero-order valence-electron chi connectivity index (χ0n) is 17.2. The summed E-state index contributed by atoms with van der Waals surface area (Å²) < 4.78 is 0. The first-order valence-electron chi connectivity index (χ1n) is 10.4. The third kappa shape index (κ3) is 5.20. The maximum absolute atomic E-state index is 13.4. The van der Waals surface area contributed by atoms with Gasteiger partial charge in [-0.05, 0) is 54.0 Å². The SMILES string of the molecule is CCCCN(CC(=O)N1CCc2sccc2C1c1ccc(Cl)cc1)C(=O)CCC. The third-order valence-electron chi connectivity index (χ3n) is 5.40. The number of thiophene rings is 1. The highest BCUT2D eigenvalue weighted by Gasteiger charge is 2.33. The Balaban J connectivity index is 1.85. The molecule has 0 saturated carbocycles. The smallest absolute Gasteiger partial charge is 0.242 e. The quantitative estimate of drug-likeness (QED) is 0.567. The van der Waals surface area contributed by atoms with E-state index < -0.39 is 0 Å².